The zero-order chi connectivity index (χ0) is 12.2. The van der Waals surface area contributed by atoms with Crippen LogP contribution >= 0.6 is 0 Å². The second-order valence-corrected chi connectivity index (χ2v) is 5.73. The Labute approximate surface area is 100 Å². The van der Waals surface area contributed by atoms with Crippen LogP contribution in [0.15, 0.2) is 0 Å². The molecule has 1 aliphatic rings. The minimum atomic E-state index is 0.192. The van der Waals surface area contributed by atoms with Crippen LogP contribution in [0.5, 0.6) is 0 Å². The third-order valence-corrected chi connectivity index (χ3v) is 4.37. The maximum atomic E-state index is 11.8. The Morgan fingerprint density at radius 2 is 2.12 bits per heavy atom. The summed E-state index contributed by atoms with van der Waals surface area (Å²) >= 11 is 0. The van der Waals surface area contributed by atoms with Crippen LogP contribution in [0, 0.1) is 5.41 Å². The molecule has 2 atom stereocenters. The first-order valence-corrected chi connectivity index (χ1v) is 6.71. The normalized spacial score (nSPS) is 32.8. The van der Waals surface area contributed by atoms with E-state index in [-0.39, 0.29) is 5.41 Å². The van der Waals surface area contributed by atoms with Gasteiger partial charge < -0.3 is 4.90 Å². The molecular weight excluding hydrogens is 198 g/mol. The number of carbonyl (C=O) groups is 1. The van der Waals surface area contributed by atoms with Gasteiger partial charge in [-0.2, -0.15) is 0 Å². The Morgan fingerprint density at radius 1 is 1.44 bits per heavy atom. The molecule has 0 bridgehead atoms. The van der Waals surface area contributed by atoms with Crippen molar-refractivity contribution in [3.8, 4) is 0 Å². The molecule has 1 heterocycles. The number of unbranched alkanes of at least 4 members (excludes halogenated alkanes) is 2. The molecule has 0 aromatic carbocycles. The van der Waals surface area contributed by atoms with Gasteiger partial charge >= 0.3 is 0 Å². The van der Waals surface area contributed by atoms with Crippen molar-refractivity contribution >= 4 is 5.78 Å². The summed E-state index contributed by atoms with van der Waals surface area (Å²) in [6.07, 6.45) is 6.53. The molecule has 0 aromatic rings. The predicted molar refractivity (Wildman–Crippen MR) is 68.6 cm³/mol. The maximum absolute atomic E-state index is 11.8. The number of hydrogen-bond donors (Lipinski definition) is 0. The average molecular weight is 225 g/mol. The summed E-state index contributed by atoms with van der Waals surface area (Å²) in [6, 6.07) is 0.524. The molecule has 2 unspecified atom stereocenters. The summed E-state index contributed by atoms with van der Waals surface area (Å²) < 4.78 is 0. The fourth-order valence-corrected chi connectivity index (χ4v) is 2.79. The SMILES string of the molecule is CCCCCC1(C)CC(=O)CCN(C)C1C. The highest BCUT2D eigenvalue weighted by Crippen LogP contribution is 2.37. The molecule has 2 heteroatoms. The number of nitrogens with zero attached hydrogens (tertiary/aromatic N) is 1. The average Bonchev–Trinajstić information content (AvgIpc) is 2.32. The number of ketones is 1. The van der Waals surface area contributed by atoms with E-state index in [0.717, 1.165) is 19.4 Å². The monoisotopic (exact) mass is 225 g/mol. The fourth-order valence-electron chi connectivity index (χ4n) is 2.79. The van der Waals surface area contributed by atoms with Gasteiger partial charge in [-0.05, 0) is 25.8 Å². The lowest BCUT2D eigenvalue weighted by atomic mass is 9.74. The predicted octanol–water partition coefficient (Wildman–Crippen LogP) is 3.26. The van der Waals surface area contributed by atoms with Crippen molar-refractivity contribution in [1.29, 1.82) is 0 Å². The van der Waals surface area contributed by atoms with E-state index in [1.807, 2.05) is 0 Å². The van der Waals surface area contributed by atoms with Gasteiger partial charge in [0.2, 0.25) is 0 Å². The van der Waals surface area contributed by atoms with Gasteiger partial charge in [0.15, 0.2) is 0 Å². The lowest BCUT2D eigenvalue weighted by molar-refractivity contribution is -0.120. The van der Waals surface area contributed by atoms with Crippen molar-refractivity contribution in [2.75, 3.05) is 13.6 Å². The van der Waals surface area contributed by atoms with E-state index < -0.39 is 0 Å². The van der Waals surface area contributed by atoms with E-state index in [9.17, 15) is 4.79 Å². The first kappa shape index (κ1) is 13.7. The van der Waals surface area contributed by atoms with Crippen LogP contribution in [0.1, 0.15) is 59.3 Å². The molecule has 0 spiro atoms. The lowest BCUT2D eigenvalue weighted by Crippen LogP contribution is -2.41. The highest BCUT2D eigenvalue weighted by molar-refractivity contribution is 5.79. The molecule has 0 amide bonds. The number of Topliss-reactive ketones (excluding diaryl/α,β-unsaturated/α-hetero) is 1. The Kier molecular flexibility index (Phi) is 4.97. The van der Waals surface area contributed by atoms with Gasteiger partial charge in [0.25, 0.3) is 0 Å². The van der Waals surface area contributed by atoms with Crippen LogP contribution in [-0.4, -0.2) is 30.3 Å². The minimum absolute atomic E-state index is 0.192. The van der Waals surface area contributed by atoms with Gasteiger partial charge in [-0.25, -0.2) is 0 Å². The molecule has 1 rings (SSSR count). The molecule has 2 nitrogen and oxygen atoms in total. The second-order valence-electron chi connectivity index (χ2n) is 5.73. The highest BCUT2D eigenvalue weighted by Gasteiger charge is 2.37. The Morgan fingerprint density at radius 3 is 2.75 bits per heavy atom. The summed E-state index contributed by atoms with van der Waals surface area (Å²) in [4.78, 5) is 14.2. The molecule has 1 saturated heterocycles. The molecule has 16 heavy (non-hydrogen) atoms. The topological polar surface area (TPSA) is 20.3 Å². The smallest absolute Gasteiger partial charge is 0.134 e. The van der Waals surface area contributed by atoms with E-state index in [2.05, 4.69) is 32.7 Å². The van der Waals surface area contributed by atoms with Crippen LogP contribution in [0.4, 0.5) is 0 Å². The van der Waals surface area contributed by atoms with Gasteiger partial charge in [0.05, 0.1) is 0 Å². The van der Waals surface area contributed by atoms with Crippen LogP contribution < -0.4 is 0 Å². The third kappa shape index (κ3) is 3.31. The minimum Gasteiger partial charge on any atom is -0.303 e. The molecule has 0 N–H and O–H groups in total. The molecule has 0 aliphatic carbocycles. The van der Waals surface area contributed by atoms with Gasteiger partial charge in [0.1, 0.15) is 5.78 Å². The van der Waals surface area contributed by atoms with Crippen LogP contribution in [0.25, 0.3) is 0 Å². The summed E-state index contributed by atoms with van der Waals surface area (Å²) in [5.41, 5.74) is 0.192. The molecule has 0 radical (unpaired) electrons. The van der Waals surface area contributed by atoms with Crippen molar-refractivity contribution in [3.05, 3.63) is 0 Å². The fraction of sp³-hybridized carbons (Fsp3) is 0.929. The van der Waals surface area contributed by atoms with Crippen molar-refractivity contribution in [2.45, 2.75) is 65.3 Å². The zero-order valence-electron chi connectivity index (χ0n) is 11.4. The molecule has 94 valence electrons. The number of hydrogen-bond acceptors (Lipinski definition) is 2. The van der Waals surface area contributed by atoms with E-state index >= 15 is 0 Å². The van der Waals surface area contributed by atoms with Gasteiger partial charge in [-0.3, -0.25) is 4.79 Å². The van der Waals surface area contributed by atoms with Gasteiger partial charge in [-0.15, -0.1) is 0 Å². The Bertz CT molecular complexity index is 239. The summed E-state index contributed by atoms with van der Waals surface area (Å²) in [7, 11) is 2.15. The molecule has 0 aromatic heterocycles. The molecule has 1 aliphatic heterocycles. The molecular formula is C14H27NO. The number of carbonyl (C=O) groups excluding carboxylic acids is 1. The molecule has 1 fully saturated rings. The number of rotatable bonds is 4. The standard InChI is InChI=1S/C14H27NO/c1-5-6-7-9-14(3)11-13(16)8-10-15(4)12(14)2/h12H,5-11H2,1-4H3. The van der Waals surface area contributed by atoms with E-state index in [1.54, 1.807) is 0 Å². The van der Waals surface area contributed by atoms with Crippen LogP contribution in [0.3, 0.4) is 0 Å². The summed E-state index contributed by atoms with van der Waals surface area (Å²) in [6.45, 7) is 7.75. The van der Waals surface area contributed by atoms with E-state index in [1.165, 1.54) is 25.7 Å². The van der Waals surface area contributed by atoms with Gasteiger partial charge in [0, 0.05) is 25.4 Å². The quantitative estimate of drug-likeness (QED) is 0.684. The van der Waals surface area contributed by atoms with Crippen molar-refractivity contribution in [1.82, 2.24) is 4.90 Å². The van der Waals surface area contributed by atoms with E-state index in [4.69, 9.17) is 0 Å². The number of likely N-dealkylation sites (tertiary alicyclic amines) is 1. The first-order chi connectivity index (χ1) is 7.49. The van der Waals surface area contributed by atoms with Crippen LogP contribution in [-0.2, 0) is 4.79 Å². The highest BCUT2D eigenvalue weighted by atomic mass is 16.1. The lowest BCUT2D eigenvalue weighted by Gasteiger charge is -2.38. The van der Waals surface area contributed by atoms with Crippen molar-refractivity contribution in [3.63, 3.8) is 0 Å². The Balaban J connectivity index is 2.67. The van der Waals surface area contributed by atoms with E-state index in [0.29, 0.717) is 11.8 Å². The summed E-state index contributed by atoms with van der Waals surface area (Å²) in [5.74, 6) is 0.454. The zero-order valence-corrected chi connectivity index (χ0v) is 11.4. The third-order valence-electron chi connectivity index (χ3n) is 4.37. The maximum Gasteiger partial charge on any atom is 0.134 e. The van der Waals surface area contributed by atoms with Crippen molar-refractivity contribution in [2.24, 2.45) is 5.41 Å². The first-order valence-electron chi connectivity index (χ1n) is 6.71. The largest absolute Gasteiger partial charge is 0.303 e. The van der Waals surface area contributed by atoms with Crippen molar-refractivity contribution < 1.29 is 4.79 Å². The van der Waals surface area contributed by atoms with Crippen LogP contribution in [0.2, 0.25) is 0 Å². The molecule has 0 saturated carbocycles. The van der Waals surface area contributed by atoms with Gasteiger partial charge in [-0.1, -0.05) is 33.1 Å². The summed E-state index contributed by atoms with van der Waals surface area (Å²) in [5, 5.41) is 0. The second kappa shape index (κ2) is 5.81. The Hall–Kier alpha value is -0.370.